The molecule has 0 N–H and O–H groups in total. The third kappa shape index (κ3) is 10.2. The van der Waals surface area contributed by atoms with Crippen molar-refractivity contribution < 1.29 is 47.2 Å². The molecule has 0 spiro atoms. The molecule has 36 heavy (non-hydrogen) atoms. The van der Waals surface area contributed by atoms with E-state index in [-0.39, 0.29) is 0 Å². The van der Waals surface area contributed by atoms with Crippen LogP contribution in [0.4, 0.5) is 26.3 Å². The van der Waals surface area contributed by atoms with Crippen molar-refractivity contribution in [3.05, 3.63) is 79.7 Å². The summed E-state index contributed by atoms with van der Waals surface area (Å²) in [4.78, 5) is 0. The predicted octanol–water partition coefficient (Wildman–Crippen LogP) is 11.5. The van der Waals surface area contributed by atoms with Gasteiger partial charge in [0.05, 0.1) is 0 Å². The van der Waals surface area contributed by atoms with Crippen molar-refractivity contribution in [1.29, 1.82) is 0 Å². The van der Waals surface area contributed by atoms with Gasteiger partial charge < -0.3 is 0 Å². The molecular weight excluding hydrogens is 752 g/mol. The number of fused-ring (bicyclic) bond motifs is 2. The number of rotatable bonds is 0. The maximum absolute atomic E-state index is 12.5. The molecular formula is C24H20Br2Cl2F6SiZr. The van der Waals surface area contributed by atoms with Gasteiger partial charge in [-0.25, -0.2) is 0 Å². The third-order valence-electron chi connectivity index (χ3n) is 4.49. The average molecular weight is 772 g/mol. The van der Waals surface area contributed by atoms with Gasteiger partial charge in [-0.3, -0.25) is 0 Å². The van der Waals surface area contributed by atoms with Gasteiger partial charge in [-0.2, -0.15) is 38.5 Å². The van der Waals surface area contributed by atoms with Crippen molar-refractivity contribution in [2.45, 2.75) is 39.3 Å². The van der Waals surface area contributed by atoms with Crippen molar-refractivity contribution in [3.63, 3.8) is 0 Å². The van der Waals surface area contributed by atoms with Gasteiger partial charge in [-0.1, -0.05) is 70.9 Å². The number of hydrogen-bond acceptors (Lipinski definition) is 0. The van der Waals surface area contributed by atoms with Crippen LogP contribution in [-0.2, 0) is 33.2 Å². The summed E-state index contributed by atoms with van der Waals surface area (Å²) in [7, 11) is 11.0. The average Bonchev–Trinajstić information content (AvgIpc) is 3.30. The third-order valence-corrected chi connectivity index (χ3v) is 5.80. The van der Waals surface area contributed by atoms with Crippen LogP contribution in [0.5, 0.6) is 0 Å². The number of benzene rings is 2. The fourth-order valence-corrected chi connectivity index (χ4v) is 4.36. The molecule has 0 fully saturated rings. The summed E-state index contributed by atoms with van der Waals surface area (Å²) in [5, 5.41) is 2.88. The second-order valence-electron chi connectivity index (χ2n) is 7.55. The molecule has 194 valence electrons. The molecule has 0 aliphatic rings. The Balaban J connectivity index is 0.000000296. The van der Waals surface area contributed by atoms with Crippen LogP contribution in [0.3, 0.4) is 0 Å². The standard InChI is InChI=1S/2C11H7BrF3.C2H6Si.2ClH.Zr/c2*1-6-2-7-4-8(11(13,14)15)5-10(12)9(7)3-6;1-3-2;;;/h2*2-5H,1H3;1-2H3;2*1H;/q2*-1;;;;+4/p-2. The van der Waals surface area contributed by atoms with Gasteiger partial charge in [-0.15, -0.1) is 56.9 Å². The van der Waals surface area contributed by atoms with Gasteiger partial charge >= 0.3 is 50.2 Å². The summed E-state index contributed by atoms with van der Waals surface area (Å²) in [5.74, 6) is 0. The Morgan fingerprint density at radius 1 is 0.694 bits per heavy atom. The maximum atomic E-state index is 12.5. The first kappa shape index (κ1) is 33.9. The molecule has 0 aliphatic carbocycles. The number of hydrogen-bond donors (Lipinski definition) is 0. The van der Waals surface area contributed by atoms with Gasteiger partial charge in [0.2, 0.25) is 0 Å². The van der Waals surface area contributed by atoms with E-state index in [4.69, 9.17) is 17.0 Å². The van der Waals surface area contributed by atoms with E-state index in [1.54, 1.807) is 12.1 Å². The van der Waals surface area contributed by atoms with Crippen LogP contribution >= 0.6 is 48.9 Å². The summed E-state index contributed by atoms with van der Waals surface area (Å²) in [6.07, 6.45) is -8.58. The number of alkyl halides is 6. The van der Waals surface area contributed by atoms with E-state index in [0.29, 0.717) is 19.7 Å². The Hall–Kier alpha value is -0.120. The molecule has 2 radical (unpaired) electrons. The molecule has 0 amide bonds. The molecule has 4 aromatic carbocycles. The Kier molecular flexibility index (Phi) is 14.0. The van der Waals surface area contributed by atoms with E-state index in [9.17, 15) is 26.3 Å². The van der Waals surface area contributed by atoms with E-state index in [0.717, 1.165) is 43.6 Å². The van der Waals surface area contributed by atoms with Crippen molar-refractivity contribution in [3.8, 4) is 0 Å². The summed E-state index contributed by atoms with van der Waals surface area (Å²) in [6, 6.07) is 11.8. The fourth-order valence-electron chi connectivity index (χ4n) is 3.18. The van der Waals surface area contributed by atoms with Crippen LogP contribution in [0.1, 0.15) is 22.3 Å². The Morgan fingerprint density at radius 2 is 0.972 bits per heavy atom. The van der Waals surface area contributed by atoms with Crippen LogP contribution in [0.25, 0.3) is 21.5 Å². The van der Waals surface area contributed by atoms with E-state index in [1.807, 2.05) is 26.0 Å². The molecule has 0 atom stereocenters. The normalized spacial score (nSPS) is 11.1. The fraction of sp³-hybridized carbons (Fsp3) is 0.250. The second kappa shape index (κ2) is 14.9. The molecule has 0 bridgehead atoms. The van der Waals surface area contributed by atoms with Crippen molar-refractivity contribution in [1.82, 2.24) is 0 Å². The van der Waals surface area contributed by atoms with Crippen LogP contribution in [0.2, 0.25) is 13.1 Å². The predicted molar refractivity (Wildman–Crippen MR) is 143 cm³/mol. The van der Waals surface area contributed by atoms with Gasteiger partial charge in [0.1, 0.15) is 0 Å². The monoisotopic (exact) mass is 768 g/mol. The molecule has 0 saturated heterocycles. The minimum absolute atomic E-state index is 0.487. The summed E-state index contributed by atoms with van der Waals surface area (Å²) >= 11 is 5.48. The first-order valence-corrected chi connectivity index (χ1v) is 19.9. The van der Waals surface area contributed by atoms with E-state index >= 15 is 0 Å². The molecule has 0 aromatic heterocycles. The van der Waals surface area contributed by atoms with Gasteiger partial charge in [0.15, 0.2) is 0 Å². The number of halogens is 10. The molecule has 12 heteroatoms. The second-order valence-corrected chi connectivity index (χ2v) is 14.0. The molecule has 0 saturated carbocycles. The van der Waals surface area contributed by atoms with E-state index in [2.05, 4.69) is 45.0 Å². The van der Waals surface area contributed by atoms with Crippen LogP contribution < -0.4 is 0 Å². The molecule has 4 aromatic rings. The summed E-state index contributed by atoms with van der Waals surface area (Å²) < 4.78 is 75.9. The van der Waals surface area contributed by atoms with Crippen molar-refractivity contribution in [2.75, 3.05) is 0 Å². The first-order chi connectivity index (χ1) is 16.6. The molecule has 0 heterocycles. The zero-order valence-corrected chi connectivity index (χ0v) is 27.5. The minimum atomic E-state index is -4.29. The van der Waals surface area contributed by atoms with Gasteiger partial charge in [-0.05, 0) is 8.95 Å². The molecule has 0 aliphatic heterocycles. The topological polar surface area (TPSA) is 0 Å². The van der Waals surface area contributed by atoms with Gasteiger partial charge in [0.25, 0.3) is 0 Å². The van der Waals surface area contributed by atoms with Gasteiger partial charge in [0, 0.05) is 20.6 Å². The SMILES string of the molecule is C[Si]C.Cc1cc2c(Br)cc(C(F)(F)F)cc2[cH-]1.Cc1cc2c(Br)cc(C(F)(F)F)cc2[cH-]1.[Cl][Zr+2][Cl]. The van der Waals surface area contributed by atoms with E-state index < -0.39 is 44.3 Å². The van der Waals surface area contributed by atoms with Crippen LogP contribution in [0, 0.1) is 13.8 Å². The summed E-state index contributed by atoms with van der Waals surface area (Å²) in [5.41, 5.74) is 0.690. The van der Waals surface area contributed by atoms with E-state index in [1.165, 1.54) is 12.1 Å². The Bertz CT molecular complexity index is 1170. The van der Waals surface area contributed by atoms with Crippen LogP contribution in [0.15, 0.2) is 57.5 Å². The molecule has 0 nitrogen and oxygen atoms in total. The zero-order valence-electron chi connectivity index (χ0n) is 19.4. The summed E-state index contributed by atoms with van der Waals surface area (Å²) in [6.45, 7) is 8.03. The van der Waals surface area contributed by atoms with Crippen molar-refractivity contribution >= 4 is 80.0 Å². The molecule has 0 unspecified atom stereocenters. The van der Waals surface area contributed by atoms with Crippen molar-refractivity contribution in [2.24, 2.45) is 0 Å². The Morgan fingerprint density at radius 3 is 1.22 bits per heavy atom. The van der Waals surface area contributed by atoms with Crippen LogP contribution in [-0.4, -0.2) is 9.52 Å². The number of aryl methyl sites for hydroxylation is 2. The Labute approximate surface area is 244 Å². The quantitative estimate of drug-likeness (QED) is 0.0949. The first-order valence-electron chi connectivity index (χ1n) is 10.0. The zero-order chi connectivity index (χ0) is 27.8. The molecule has 4 rings (SSSR count).